The first kappa shape index (κ1) is 35.6. The van der Waals surface area contributed by atoms with Crippen molar-refractivity contribution in [3.8, 4) is 39.9 Å². The van der Waals surface area contributed by atoms with E-state index in [0.29, 0.717) is 50.2 Å². The first-order valence-corrected chi connectivity index (χ1v) is 18.6. The zero-order valence-corrected chi connectivity index (χ0v) is 31.1. The molecule has 0 unspecified atom stereocenters. The maximum absolute atomic E-state index is 6.75. The Morgan fingerprint density at radius 2 is 0.966 bits per heavy atom. The van der Waals surface area contributed by atoms with Crippen LogP contribution in [-0.4, -0.2) is 82.3 Å². The van der Waals surface area contributed by atoms with Crippen molar-refractivity contribution in [1.29, 1.82) is 0 Å². The lowest BCUT2D eigenvalue weighted by molar-refractivity contribution is 0.668. The number of nitrogens with zero attached hydrogens (tertiary/aromatic N) is 4. The fourth-order valence-corrected chi connectivity index (χ4v) is 8.28. The average molecular weight is 733 g/mol. The Balaban J connectivity index is 1.14. The molecule has 254 valence electrons. The van der Waals surface area contributed by atoms with Crippen molar-refractivity contribution in [3.63, 3.8) is 0 Å². The second kappa shape index (κ2) is 13.0. The van der Waals surface area contributed by atoms with Crippen LogP contribution < -0.4 is 43.7 Å². The highest BCUT2D eigenvalue weighted by Gasteiger charge is 2.25. The Hall–Kier alpha value is -6.53. The molecule has 0 aliphatic rings. The number of para-hydroxylation sites is 2. The minimum Gasteiger partial charge on any atom is -0.456 e. The van der Waals surface area contributed by atoms with Gasteiger partial charge in [0.1, 0.15) is 85.1 Å². The number of furan rings is 2. The molecule has 11 rings (SSSR count). The Morgan fingerprint density at radius 3 is 1.68 bits per heavy atom. The van der Waals surface area contributed by atoms with Gasteiger partial charge in [-0.15, -0.1) is 21.9 Å². The first-order valence-electron chi connectivity index (χ1n) is 18.6. The molecule has 0 saturated carbocycles. The minimum absolute atomic E-state index is 0.0735. The highest BCUT2D eigenvalue weighted by molar-refractivity contribution is 6.71. The van der Waals surface area contributed by atoms with Crippen LogP contribution in [0.15, 0.2) is 118 Å². The molecule has 4 heterocycles. The van der Waals surface area contributed by atoms with Crippen LogP contribution in [0.1, 0.15) is 0 Å². The van der Waals surface area contributed by atoms with Crippen LogP contribution in [0.2, 0.25) is 0 Å². The fraction of sp³-hybridized carbons (Fsp3) is 0. The molecule has 0 amide bonds. The van der Waals surface area contributed by atoms with E-state index in [1.165, 1.54) is 0 Å². The lowest BCUT2D eigenvalue weighted by atomic mass is 9.63. The van der Waals surface area contributed by atoms with Gasteiger partial charge in [0.05, 0.1) is 0 Å². The molecule has 0 N–H and O–H groups in total. The molecule has 16 radical (unpaired) electrons. The minimum atomic E-state index is 0.0735. The van der Waals surface area contributed by atoms with E-state index in [2.05, 4.69) is 30.3 Å². The van der Waals surface area contributed by atoms with E-state index < -0.39 is 0 Å². The standard InChI is InChI=1S/C45H18B8N4O2/c46-32-30-31-33(47)35(49)37(51)39(53)41(31)57(40(30)38(52)36(50)34(32)48)45-55-43(19-7-2-1-3-8-19)54-44(56-45)21-14-16-28-26(17-21)24-15-13-20(18-29(24)58-28)22-10-6-11-25-23-9-4-5-12-27(23)59-42(22)25/h1-18H. The van der Waals surface area contributed by atoms with Crippen molar-refractivity contribution in [1.82, 2.24) is 19.5 Å². The SMILES string of the molecule is [B]c1c([B])c([B])c2c(c1[B])c1c([B])c([B])c([B])c([B])c1n2-c1nc(-c2ccccc2)nc(-c2ccc3oc4cc(-c5cccc6c5oc5ccccc56)ccc4c3c2)n1. The van der Waals surface area contributed by atoms with Gasteiger partial charge in [0.25, 0.3) is 0 Å². The van der Waals surface area contributed by atoms with E-state index >= 15 is 0 Å². The summed E-state index contributed by atoms with van der Waals surface area (Å²) in [7, 11) is 52.4. The largest absolute Gasteiger partial charge is 0.456 e. The summed E-state index contributed by atoms with van der Waals surface area (Å²) in [6, 6.07) is 35.7. The molecule has 0 spiro atoms. The second-order valence-corrected chi connectivity index (χ2v) is 14.5. The quantitative estimate of drug-likeness (QED) is 0.260. The van der Waals surface area contributed by atoms with Crippen LogP contribution in [0, 0.1) is 0 Å². The molecular weight excluding hydrogens is 715 g/mol. The topological polar surface area (TPSA) is 69.9 Å². The molecule has 59 heavy (non-hydrogen) atoms. The van der Waals surface area contributed by atoms with Crippen LogP contribution in [0.5, 0.6) is 0 Å². The van der Waals surface area contributed by atoms with Gasteiger partial charge in [0, 0.05) is 49.3 Å². The Kier molecular flexibility index (Phi) is 7.84. The lowest BCUT2D eigenvalue weighted by Gasteiger charge is -2.17. The highest BCUT2D eigenvalue weighted by Crippen LogP contribution is 2.39. The van der Waals surface area contributed by atoms with Gasteiger partial charge in [-0.3, -0.25) is 4.57 Å². The average Bonchev–Trinajstić information content (AvgIpc) is 3.96. The van der Waals surface area contributed by atoms with E-state index in [1.54, 1.807) is 4.57 Å². The first-order chi connectivity index (χ1) is 28.6. The fourth-order valence-electron chi connectivity index (χ4n) is 8.28. The highest BCUT2D eigenvalue weighted by atomic mass is 16.3. The van der Waals surface area contributed by atoms with Gasteiger partial charge in [-0.05, 0) is 52.7 Å². The van der Waals surface area contributed by atoms with Gasteiger partial charge in [-0.25, -0.2) is 4.98 Å². The molecule has 0 fully saturated rings. The number of rotatable bonds is 4. The van der Waals surface area contributed by atoms with Crippen LogP contribution >= 0.6 is 0 Å². The maximum atomic E-state index is 6.75. The lowest BCUT2D eigenvalue weighted by Crippen LogP contribution is -2.49. The zero-order chi connectivity index (χ0) is 40.4. The van der Waals surface area contributed by atoms with Gasteiger partial charge < -0.3 is 8.83 Å². The van der Waals surface area contributed by atoms with Gasteiger partial charge in [-0.2, -0.15) is 9.97 Å². The monoisotopic (exact) mass is 734 g/mol. The molecule has 4 aromatic heterocycles. The van der Waals surface area contributed by atoms with Crippen molar-refractivity contribution >= 4 is 172 Å². The van der Waals surface area contributed by atoms with Gasteiger partial charge in [-0.1, -0.05) is 94.6 Å². The Morgan fingerprint density at radius 1 is 0.390 bits per heavy atom. The normalized spacial score (nSPS) is 11.9. The summed E-state index contributed by atoms with van der Waals surface area (Å²) in [6.45, 7) is 0. The number of hydrogen-bond acceptors (Lipinski definition) is 5. The van der Waals surface area contributed by atoms with Crippen LogP contribution in [0.3, 0.4) is 0 Å². The Labute approximate surface area is 348 Å². The maximum Gasteiger partial charge on any atom is 0.238 e. The van der Waals surface area contributed by atoms with Crippen molar-refractivity contribution in [3.05, 3.63) is 109 Å². The Bertz CT molecular complexity index is 3540. The number of benzene rings is 7. The van der Waals surface area contributed by atoms with Crippen molar-refractivity contribution in [2.24, 2.45) is 0 Å². The second-order valence-electron chi connectivity index (χ2n) is 14.5. The smallest absolute Gasteiger partial charge is 0.238 e. The molecular formula is C45H18B8N4O2. The predicted octanol–water partition coefficient (Wildman–Crippen LogP) is 2.12. The van der Waals surface area contributed by atoms with E-state index in [9.17, 15) is 0 Å². The van der Waals surface area contributed by atoms with Crippen molar-refractivity contribution in [2.45, 2.75) is 0 Å². The molecule has 14 heteroatoms. The summed E-state index contributed by atoms with van der Waals surface area (Å²) in [4.78, 5) is 15.0. The van der Waals surface area contributed by atoms with E-state index in [1.807, 2.05) is 78.9 Å². The van der Waals surface area contributed by atoms with E-state index in [-0.39, 0.29) is 49.7 Å². The zero-order valence-electron chi connectivity index (χ0n) is 31.1. The molecule has 0 saturated heterocycles. The summed E-state index contributed by atoms with van der Waals surface area (Å²) in [5, 5.41) is 4.66. The third kappa shape index (κ3) is 5.14. The number of hydrogen-bond donors (Lipinski definition) is 0. The molecule has 0 bridgehead atoms. The number of aromatic nitrogens is 4. The van der Waals surface area contributed by atoms with Crippen LogP contribution in [0.25, 0.3) is 106 Å². The van der Waals surface area contributed by atoms with Crippen LogP contribution in [-0.2, 0) is 0 Å². The summed E-state index contributed by atoms with van der Waals surface area (Å²) < 4.78 is 14.4. The van der Waals surface area contributed by atoms with Gasteiger partial charge in [0.2, 0.25) is 5.95 Å². The molecule has 0 aliphatic carbocycles. The van der Waals surface area contributed by atoms with Crippen molar-refractivity contribution in [2.75, 3.05) is 0 Å². The predicted molar refractivity (Wildman–Crippen MR) is 248 cm³/mol. The summed E-state index contributed by atoms with van der Waals surface area (Å²) in [5.74, 6) is 0.853. The van der Waals surface area contributed by atoms with Crippen molar-refractivity contribution < 1.29 is 8.83 Å². The summed E-state index contributed by atoms with van der Waals surface area (Å²) in [6.07, 6.45) is 0. The number of fused-ring (bicyclic) bond motifs is 9. The van der Waals surface area contributed by atoms with E-state index in [0.717, 1.165) is 49.4 Å². The molecule has 11 aromatic rings. The third-order valence-electron chi connectivity index (χ3n) is 11.3. The van der Waals surface area contributed by atoms with Gasteiger partial charge >= 0.3 is 0 Å². The van der Waals surface area contributed by atoms with Crippen LogP contribution in [0.4, 0.5) is 0 Å². The molecule has 7 aromatic carbocycles. The van der Waals surface area contributed by atoms with Gasteiger partial charge in [0.15, 0.2) is 11.6 Å². The molecule has 6 nitrogen and oxygen atoms in total. The molecule has 0 atom stereocenters. The summed E-state index contributed by atoms with van der Waals surface area (Å²) in [5.41, 5.74) is 7.89. The summed E-state index contributed by atoms with van der Waals surface area (Å²) >= 11 is 0. The van der Waals surface area contributed by atoms with E-state index in [4.69, 9.17) is 86.6 Å². The third-order valence-corrected chi connectivity index (χ3v) is 11.3. The molecule has 0 aliphatic heterocycles.